The van der Waals surface area contributed by atoms with E-state index in [0.29, 0.717) is 23.7 Å². The maximum Gasteiger partial charge on any atom is 0.261 e. The number of nitrogens with two attached hydrogens (primary N) is 1. The minimum Gasteiger partial charge on any atom is -0.330 e. The summed E-state index contributed by atoms with van der Waals surface area (Å²) >= 11 is 9.28. The molecule has 0 spiro atoms. The Hall–Kier alpha value is -1.08. The van der Waals surface area contributed by atoms with Gasteiger partial charge in [0.2, 0.25) is 0 Å². The second-order valence-electron chi connectivity index (χ2n) is 4.41. The maximum absolute atomic E-state index is 12.3. The fourth-order valence-corrected chi connectivity index (χ4v) is 3.43. The lowest BCUT2D eigenvalue weighted by molar-refractivity contribution is 0.601. The van der Waals surface area contributed by atoms with Crippen molar-refractivity contribution < 1.29 is 8.42 Å². The summed E-state index contributed by atoms with van der Waals surface area (Å²) in [5.74, 6) is 0. The Balaban J connectivity index is 2.27. The highest BCUT2D eigenvalue weighted by Gasteiger charge is 2.15. The van der Waals surface area contributed by atoms with Gasteiger partial charge in [-0.2, -0.15) is 0 Å². The van der Waals surface area contributed by atoms with Crippen molar-refractivity contribution in [3.63, 3.8) is 0 Å². The van der Waals surface area contributed by atoms with Crippen molar-refractivity contribution in [3.05, 3.63) is 57.5 Å². The van der Waals surface area contributed by atoms with Crippen molar-refractivity contribution >= 4 is 43.2 Å². The number of anilines is 1. The Kier molecular flexibility index (Phi) is 5.27. The van der Waals surface area contributed by atoms with Crippen LogP contribution in [0.2, 0.25) is 5.02 Å². The third-order valence-corrected chi connectivity index (χ3v) is 5.04. The van der Waals surface area contributed by atoms with Crippen molar-refractivity contribution in [2.24, 2.45) is 5.73 Å². The molecule has 0 bridgehead atoms. The molecular formula is C14H14BrClN2O2S. The monoisotopic (exact) mass is 388 g/mol. The molecule has 112 valence electrons. The molecule has 2 aromatic rings. The maximum atomic E-state index is 12.3. The predicted molar refractivity (Wildman–Crippen MR) is 89.2 cm³/mol. The van der Waals surface area contributed by atoms with Gasteiger partial charge in [0.15, 0.2) is 0 Å². The molecule has 0 aliphatic carbocycles. The summed E-state index contributed by atoms with van der Waals surface area (Å²) in [6.45, 7) is 0.526. The Bertz CT molecular complexity index is 733. The highest BCUT2D eigenvalue weighted by molar-refractivity contribution is 9.10. The summed E-state index contributed by atoms with van der Waals surface area (Å²) in [6.07, 6.45) is 0.714. The Morgan fingerprint density at radius 1 is 1.14 bits per heavy atom. The van der Waals surface area contributed by atoms with Gasteiger partial charge in [0.1, 0.15) is 0 Å². The van der Waals surface area contributed by atoms with Crippen molar-refractivity contribution in [2.75, 3.05) is 11.3 Å². The zero-order valence-electron chi connectivity index (χ0n) is 11.0. The second-order valence-corrected chi connectivity index (χ2v) is 7.42. The first-order chi connectivity index (χ1) is 9.92. The van der Waals surface area contributed by atoms with Crippen LogP contribution in [0.3, 0.4) is 0 Å². The highest BCUT2D eigenvalue weighted by atomic mass is 79.9. The van der Waals surface area contributed by atoms with Gasteiger partial charge in [-0.05, 0) is 48.9 Å². The number of sulfonamides is 1. The van der Waals surface area contributed by atoms with Crippen LogP contribution in [-0.4, -0.2) is 15.0 Å². The number of halogens is 2. The SMILES string of the molecule is NCCc1ccc(S(=O)(=O)Nc2cc(Br)ccc2Cl)cc1. The molecule has 0 amide bonds. The van der Waals surface area contributed by atoms with Crippen LogP contribution in [0.25, 0.3) is 0 Å². The average Bonchev–Trinajstić information content (AvgIpc) is 2.44. The van der Waals surface area contributed by atoms with Crippen molar-refractivity contribution in [1.82, 2.24) is 0 Å². The molecule has 7 heteroatoms. The zero-order chi connectivity index (χ0) is 15.5. The summed E-state index contributed by atoms with van der Waals surface area (Å²) < 4.78 is 27.9. The molecule has 0 aliphatic heterocycles. The number of rotatable bonds is 5. The van der Waals surface area contributed by atoms with Gasteiger partial charge in [0.25, 0.3) is 10.0 Å². The third-order valence-electron chi connectivity index (χ3n) is 2.84. The van der Waals surface area contributed by atoms with E-state index in [-0.39, 0.29) is 4.90 Å². The molecule has 0 aromatic heterocycles. The Labute approximate surface area is 137 Å². The first-order valence-corrected chi connectivity index (χ1v) is 8.84. The van der Waals surface area contributed by atoms with E-state index in [1.165, 1.54) is 0 Å². The number of hydrogen-bond acceptors (Lipinski definition) is 3. The quantitative estimate of drug-likeness (QED) is 0.823. The molecule has 0 radical (unpaired) electrons. The van der Waals surface area contributed by atoms with Gasteiger partial charge in [-0.25, -0.2) is 8.42 Å². The van der Waals surface area contributed by atoms with E-state index in [0.717, 1.165) is 10.0 Å². The van der Waals surface area contributed by atoms with E-state index in [1.807, 2.05) is 0 Å². The van der Waals surface area contributed by atoms with Gasteiger partial charge in [0, 0.05) is 4.47 Å². The number of hydrogen-bond donors (Lipinski definition) is 2. The standard InChI is InChI=1S/C14H14BrClN2O2S/c15-11-3-6-13(16)14(9-11)18-21(19,20)12-4-1-10(2-5-12)7-8-17/h1-6,9,18H,7-8,17H2. The summed E-state index contributed by atoms with van der Waals surface area (Å²) in [5.41, 5.74) is 6.80. The average molecular weight is 390 g/mol. The number of nitrogens with one attached hydrogen (secondary N) is 1. The fraction of sp³-hybridized carbons (Fsp3) is 0.143. The molecule has 3 N–H and O–H groups in total. The van der Waals surface area contributed by atoms with Gasteiger partial charge >= 0.3 is 0 Å². The van der Waals surface area contributed by atoms with Crippen molar-refractivity contribution in [2.45, 2.75) is 11.3 Å². The summed E-state index contributed by atoms with van der Waals surface area (Å²) in [6, 6.07) is 11.6. The molecule has 0 saturated carbocycles. The summed E-state index contributed by atoms with van der Waals surface area (Å²) in [5, 5.41) is 0.335. The van der Waals surface area contributed by atoms with Crippen LogP contribution in [0.5, 0.6) is 0 Å². The van der Waals surface area contributed by atoms with E-state index in [2.05, 4.69) is 20.7 Å². The lowest BCUT2D eigenvalue weighted by Crippen LogP contribution is -2.13. The minimum absolute atomic E-state index is 0.180. The molecule has 4 nitrogen and oxygen atoms in total. The lowest BCUT2D eigenvalue weighted by atomic mass is 10.2. The molecule has 0 saturated heterocycles. The van der Waals surface area contributed by atoms with Crippen LogP contribution < -0.4 is 10.5 Å². The van der Waals surface area contributed by atoms with Gasteiger partial charge in [-0.1, -0.05) is 39.7 Å². The van der Waals surface area contributed by atoms with Crippen molar-refractivity contribution in [1.29, 1.82) is 0 Å². The van der Waals surface area contributed by atoms with E-state index < -0.39 is 10.0 Å². The largest absolute Gasteiger partial charge is 0.330 e. The zero-order valence-corrected chi connectivity index (χ0v) is 14.2. The van der Waals surface area contributed by atoms with E-state index in [4.69, 9.17) is 17.3 Å². The van der Waals surface area contributed by atoms with Crippen LogP contribution in [-0.2, 0) is 16.4 Å². The molecule has 21 heavy (non-hydrogen) atoms. The summed E-state index contributed by atoms with van der Waals surface area (Å²) in [4.78, 5) is 0.180. The van der Waals surface area contributed by atoms with Gasteiger partial charge in [-0.15, -0.1) is 0 Å². The molecule has 0 fully saturated rings. The van der Waals surface area contributed by atoms with Crippen molar-refractivity contribution in [3.8, 4) is 0 Å². The van der Waals surface area contributed by atoms with Crippen LogP contribution in [0.4, 0.5) is 5.69 Å². The molecule has 2 rings (SSSR count). The fourth-order valence-electron chi connectivity index (χ4n) is 1.78. The van der Waals surface area contributed by atoms with Crippen LogP contribution in [0.15, 0.2) is 51.8 Å². The van der Waals surface area contributed by atoms with Gasteiger partial charge in [-0.3, -0.25) is 4.72 Å². The van der Waals surface area contributed by atoms with Crippen LogP contribution >= 0.6 is 27.5 Å². The smallest absolute Gasteiger partial charge is 0.261 e. The molecule has 0 aliphatic rings. The van der Waals surface area contributed by atoms with E-state index in [9.17, 15) is 8.42 Å². The minimum atomic E-state index is -3.67. The lowest BCUT2D eigenvalue weighted by Gasteiger charge is -2.10. The third kappa shape index (κ3) is 4.20. The summed E-state index contributed by atoms with van der Waals surface area (Å²) in [7, 11) is -3.67. The molecule has 0 atom stereocenters. The van der Waals surface area contributed by atoms with Gasteiger partial charge in [0.05, 0.1) is 15.6 Å². The normalized spacial score (nSPS) is 11.4. The van der Waals surface area contributed by atoms with Crippen LogP contribution in [0.1, 0.15) is 5.56 Å². The molecular weight excluding hydrogens is 376 g/mol. The van der Waals surface area contributed by atoms with Gasteiger partial charge < -0.3 is 5.73 Å². The first kappa shape index (κ1) is 16.3. The second kappa shape index (κ2) is 6.79. The predicted octanol–water partition coefficient (Wildman–Crippen LogP) is 3.40. The molecule has 0 heterocycles. The number of benzene rings is 2. The first-order valence-electron chi connectivity index (χ1n) is 6.19. The van der Waals surface area contributed by atoms with Crippen LogP contribution in [0, 0.1) is 0 Å². The van der Waals surface area contributed by atoms with E-state index in [1.54, 1.807) is 42.5 Å². The Morgan fingerprint density at radius 2 is 1.81 bits per heavy atom. The highest BCUT2D eigenvalue weighted by Crippen LogP contribution is 2.28. The molecule has 0 unspecified atom stereocenters. The molecule has 2 aromatic carbocycles. The van der Waals surface area contributed by atoms with E-state index >= 15 is 0 Å². The topological polar surface area (TPSA) is 72.2 Å². The Morgan fingerprint density at radius 3 is 2.43 bits per heavy atom.